The highest BCUT2D eigenvalue weighted by Gasteiger charge is 2.29. The van der Waals surface area contributed by atoms with Gasteiger partial charge in [0.1, 0.15) is 10.4 Å². The SMILES string of the molecule is COc1cccc(-n2c(N3CCCC(C(=O)Nc4cccc(C)c4)C3)nc3ccsc3c2=O)c1. The van der Waals surface area contributed by atoms with Crippen molar-refractivity contribution in [3.8, 4) is 11.4 Å². The third kappa shape index (κ3) is 4.28. The monoisotopic (exact) mass is 474 g/mol. The maximum absolute atomic E-state index is 13.5. The molecule has 1 aliphatic heterocycles. The number of fused-ring (bicyclic) bond motifs is 1. The van der Waals surface area contributed by atoms with Gasteiger partial charge in [0.15, 0.2) is 0 Å². The Bertz CT molecular complexity index is 1410. The number of nitrogens with zero attached hydrogens (tertiary/aromatic N) is 3. The molecule has 1 aliphatic rings. The Labute approximate surface area is 201 Å². The van der Waals surface area contributed by atoms with Crippen molar-refractivity contribution in [2.45, 2.75) is 19.8 Å². The summed E-state index contributed by atoms with van der Waals surface area (Å²) in [5, 5.41) is 4.94. The number of anilines is 2. The van der Waals surface area contributed by atoms with Crippen molar-refractivity contribution in [3.05, 3.63) is 75.9 Å². The average Bonchev–Trinajstić information content (AvgIpc) is 3.33. The van der Waals surface area contributed by atoms with Crippen LogP contribution in [-0.4, -0.2) is 35.7 Å². The van der Waals surface area contributed by atoms with Gasteiger partial charge in [-0.1, -0.05) is 18.2 Å². The lowest BCUT2D eigenvalue weighted by molar-refractivity contribution is -0.120. The van der Waals surface area contributed by atoms with E-state index in [-0.39, 0.29) is 17.4 Å². The van der Waals surface area contributed by atoms with Crippen LogP contribution in [0.5, 0.6) is 5.75 Å². The van der Waals surface area contributed by atoms with Crippen LogP contribution in [-0.2, 0) is 4.79 Å². The standard InChI is InChI=1S/C26H26N4O3S/c1-17-6-3-8-19(14-17)27-24(31)18-7-5-12-29(16-18)26-28-22-11-13-34-23(22)25(32)30(26)20-9-4-10-21(15-20)33-2/h3-4,6,8-11,13-15,18H,5,7,12,16H2,1-2H3,(H,27,31). The summed E-state index contributed by atoms with van der Waals surface area (Å²) in [6.07, 6.45) is 1.62. The van der Waals surface area contributed by atoms with E-state index < -0.39 is 0 Å². The average molecular weight is 475 g/mol. The number of benzene rings is 2. The molecule has 1 N–H and O–H groups in total. The van der Waals surface area contributed by atoms with E-state index >= 15 is 0 Å². The fourth-order valence-electron chi connectivity index (χ4n) is 4.44. The summed E-state index contributed by atoms with van der Waals surface area (Å²) in [5.74, 6) is 0.998. The van der Waals surface area contributed by atoms with Gasteiger partial charge in [0.05, 0.1) is 24.2 Å². The van der Waals surface area contributed by atoms with E-state index in [9.17, 15) is 9.59 Å². The molecule has 1 amide bonds. The summed E-state index contributed by atoms with van der Waals surface area (Å²) in [5.41, 5.74) is 3.14. The lowest BCUT2D eigenvalue weighted by Crippen LogP contribution is -2.43. The van der Waals surface area contributed by atoms with E-state index in [1.54, 1.807) is 11.7 Å². The van der Waals surface area contributed by atoms with Gasteiger partial charge < -0.3 is 15.0 Å². The van der Waals surface area contributed by atoms with Crippen LogP contribution in [0.1, 0.15) is 18.4 Å². The van der Waals surface area contributed by atoms with Crippen LogP contribution in [0, 0.1) is 12.8 Å². The summed E-state index contributed by atoms with van der Waals surface area (Å²) in [7, 11) is 1.60. The number of amides is 1. The van der Waals surface area contributed by atoms with Gasteiger partial charge in [0.25, 0.3) is 5.56 Å². The number of methoxy groups -OCH3 is 1. The van der Waals surface area contributed by atoms with Gasteiger partial charge >= 0.3 is 0 Å². The lowest BCUT2D eigenvalue weighted by Gasteiger charge is -2.34. The van der Waals surface area contributed by atoms with Gasteiger partial charge in [0.2, 0.25) is 11.9 Å². The smallest absolute Gasteiger partial charge is 0.277 e. The van der Waals surface area contributed by atoms with Gasteiger partial charge in [-0.3, -0.25) is 9.59 Å². The van der Waals surface area contributed by atoms with E-state index in [4.69, 9.17) is 9.72 Å². The second kappa shape index (κ2) is 9.30. The minimum atomic E-state index is -0.205. The normalized spacial score (nSPS) is 15.9. The van der Waals surface area contributed by atoms with E-state index in [0.717, 1.165) is 30.6 Å². The summed E-state index contributed by atoms with van der Waals surface area (Å²) in [4.78, 5) is 33.5. The molecule has 2 aromatic heterocycles. The summed E-state index contributed by atoms with van der Waals surface area (Å²) >= 11 is 1.39. The summed E-state index contributed by atoms with van der Waals surface area (Å²) < 4.78 is 7.64. The van der Waals surface area contributed by atoms with Crippen LogP contribution in [0.4, 0.5) is 11.6 Å². The Morgan fingerprint density at radius 2 is 2.03 bits per heavy atom. The van der Waals surface area contributed by atoms with E-state index in [2.05, 4.69) is 10.2 Å². The minimum Gasteiger partial charge on any atom is -0.497 e. The molecule has 1 atom stereocenters. The van der Waals surface area contributed by atoms with Crippen molar-refractivity contribution >= 4 is 39.1 Å². The highest BCUT2D eigenvalue weighted by Crippen LogP contribution is 2.28. The second-order valence-electron chi connectivity index (χ2n) is 8.53. The molecule has 34 heavy (non-hydrogen) atoms. The van der Waals surface area contributed by atoms with Crippen molar-refractivity contribution < 1.29 is 9.53 Å². The van der Waals surface area contributed by atoms with Crippen molar-refractivity contribution in [1.29, 1.82) is 0 Å². The van der Waals surface area contributed by atoms with Crippen LogP contribution in [0.15, 0.2) is 64.8 Å². The van der Waals surface area contributed by atoms with E-state index in [1.165, 1.54) is 11.3 Å². The largest absolute Gasteiger partial charge is 0.497 e. The molecule has 174 valence electrons. The molecular formula is C26H26N4O3S. The van der Waals surface area contributed by atoms with E-state index in [1.807, 2.05) is 66.9 Å². The number of piperidine rings is 1. The van der Waals surface area contributed by atoms with Crippen molar-refractivity contribution in [2.75, 3.05) is 30.4 Å². The van der Waals surface area contributed by atoms with Gasteiger partial charge in [0, 0.05) is 24.8 Å². The molecule has 0 spiro atoms. The number of aryl methyl sites for hydroxylation is 1. The van der Waals surface area contributed by atoms with Crippen LogP contribution < -0.4 is 20.5 Å². The molecule has 1 fully saturated rings. The Morgan fingerprint density at radius 1 is 1.18 bits per heavy atom. The van der Waals surface area contributed by atoms with Crippen LogP contribution in [0.25, 0.3) is 15.9 Å². The number of carbonyl (C=O) groups excluding carboxylic acids is 1. The maximum atomic E-state index is 13.5. The first kappa shape index (κ1) is 22.2. The third-order valence-corrected chi connectivity index (χ3v) is 7.03. The second-order valence-corrected chi connectivity index (χ2v) is 9.45. The van der Waals surface area contributed by atoms with Gasteiger partial charge in [-0.05, 0) is 61.0 Å². The zero-order valence-corrected chi connectivity index (χ0v) is 20.0. The molecule has 1 saturated heterocycles. The molecule has 8 heteroatoms. The van der Waals surface area contributed by atoms with Crippen LogP contribution >= 0.6 is 11.3 Å². The van der Waals surface area contributed by atoms with Crippen molar-refractivity contribution in [1.82, 2.24) is 9.55 Å². The fraction of sp³-hybridized carbons (Fsp3) is 0.269. The predicted octanol–water partition coefficient (Wildman–Crippen LogP) is 4.62. The Kier molecular flexibility index (Phi) is 6.06. The number of thiophene rings is 1. The molecular weight excluding hydrogens is 448 g/mol. The number of ether oxygens (including phenoxy) is 1. The number of carbonyl (C=O) groups is 1. The first-order valence-corrected chi connectivity index (χ1v) is 12.2. The zero-order chi connectivity index (χ0) is 23.7. The number of nitrogens with one attached hydrogen (secondary N) is 1. The Balaban J connectivity index is 1.50. The molecule has 0 saturated carbocycles. The molecule has 2 aromatic carbocycles. The lowest BCUT2D eigenvalue weighted by atomic mass is 9.97. The number of aromatic nitrogens is 2. The van der Waals surface area contributed by atoms with Gasteiger partial charge in [-0.15, -0.1) is 11.3 Å². The van der Waals surface area contributed by atoms with Crippen LogP contribution in [0.3, 0.4) is 0 Å². The topological polar surface area (TPSA) is 76.5 Å². The van der Waals surface area contributed by atoms with Gasteiger partial charge in [-0.2, -0.15) is 0 Å². The molecule has 1 unspecified atom stereocenters. The molecule has 5 rings (SSSR count). The van der Waals surface area contributed by atoms with Crippen LogP contribution in [0.2, 0.25) is 0 Å². The molecule has 0 aliphatic carbocycles. The molecule has 3 heterocycles. The molecule has 7 nitrogen and oxygen atoms in total. The first-order valence-electron chi connectivity index (χ1n) is 11.3. The zero-order valence-electron chi connectivity index (χ0n) is 19.2. The Morgan fingerprint density at radius 3 is 2.85 bits per heavy atom. The number of rotatable bonds is 5. The third-order valence-electron chi connectivity index (χ3n) is 6.13. The molecule has 0 radical (unpaired) electrons. The quantitative estimate of drug-likeness (QED) is 0.457. The Hall–Kier alpha value is -3.65. The summed E-state index contributed by atoms with van der Waals surface area (Å²) in [6.45, 7) is 3.21. The minimum absolute atomic E-state index is 0.0119. The van der Waals surface area contributed by atoms with Crippen molar-refractivity contribution in [3.63, 3.8) is 0 Å². The predicted molar refractivity (Wildman–Crippen MR) is 137 cm³/mol. The number of hydrogen-bond donors (Lipinski definition) is 1. The van der Waals surface area contributed by atoms with Crippen molar-refractivity contribution in [2.24, 2.45) is 5.92 Å². The highest BCUT2D eigenvalue weighted by atomic mass is 32.1. The van der Waals surface area contributed by atoms with E-state index in [0.29, 0.717) is 34.1 Å². The number of hydrogen-bond acceptors (Lipinski definition) is 6. The first-order chi connectivity index (χ1) is 16.5. The fourth-order valence-corrected chi connectivity index (χ4v) is 5.19. The molecule has 4 aromatic rings. The highest BCUT2D eigenvalue weighted by molar-refractivity contribution is 7.17. The summed E-state index contributed by atoms with van der Waals surface area (Å²) in [6, 6.07) is 17.1. The van der Waals surface area contributed by atoms with Gasteiger partial charge in [-0.25, -0.2) is 9.55 Å². The molecule has 0 bridgehead atoms. The maximum Gasteiger partial charge on any atom is 0.277 e.